The Morgan fingerprint density at radius 2 is 2.05 bits per heavy atom. The summed E-state index contributed by atoms with van der Waals surface area (Å²) in [7, 11) is 0. The van der Waals surface area contributed by atoms with Crippen molar-refractivity contribution in [1.82, 2.24) is 14.9 Å². The molecule has 0 radical (unpaired) electrons. The quantitative estimate of drug-likeness (QED) is 0.888. The summed E-state index contributed by atoms with van der Waals surface area (Å²) in [4.78, 5) is 13.0. The van der Waals surface area contributed by atoms with Gasteiger partial charge in [0.05, 0.1) is 17.8 Å². The molecule has 1 aromatic heterocycles. The molecule has 2 rings (SSSR count). The lowest BCUT2D eigenvalue weighted by Crippen LogP contribution is -2.49. The molecule has 1 fully saturated rings. The van der Waals surface area contributed by atoms with Crippen molar-refractivity contribution in [1.29, 1.82) is 0 Å². The van der Waals surface area contributed by atoms with E-state index in [4.69, 9.17) is 0 Å². The minimum Gasteiger partial charge on any atom is -0.394 e. The third-order valence-electron chi connectivity index (χ3n) is 3.65. The first-order valence-corrected chi connectivity index (χ1v) is 7.41. The van der Waals surface area contributed by atoms with E-state index < -0.39 is 5.54 Å². The molecular weight excluding hydrogens is 262 g/mol. The molecule has 2 N–H and O–H groups in total. The minimum absolute atomic E-state index is 0.00414. The fourth-order valence-electron chi connectivity index (χ4n) is 2.50. The Bertz CT molecular complexity index is 459. The SMILES string of the molecule is CC(C)(C)c1nnsc1C(=O)NC1(CO)CCCC1. The molecular formula is C13H21N3O2S. The summed E-state index contributed by atoms with van der Waals surface area (Å²) in [5.74, 6) is -0.157. The Labute approximate surface area is 117 Å². The normalized spacial score (nSPS) is 18.5. The van der Waals surface area contributed by atoms with E-state index in [9.17, 15) is 9.90 Å². The van der Waals surface area contributed by atoms with Crippen LogP contribution in [0, 0.1) is 0 Å². The smallest absolute Gasteiger partial charge is 0.265 e. The third-order valence-corrected chi connectivity index (χ3v) is 4.37. The highest BCUT2D eigenvalue weighted by molar-refractivity contribution is 7.08. The second-order valence-electron chi connectivity index (χ2n) is 6.30. The fourth-order valence-corrected chi connectivity index (χ4v) is 3.27. The van der Waals surface area contributed by atoms with Gasteiger partial charge in [0.2, 0.25) is 0 Å². The van der Waals surface area contributed by atoms with Gasteiger partial charge in [-0.1, -0.05) is 38.1 Å². The molecule has 0 atom stereocenters. The molecule has 106 valence electrons. The number of amides is 1. The Morgan fingerprint density at radius 3 is 2.58 bits per heavy atom. The fraction of sp³-hybridized carbons (Fsp3) is 0.769. The standard InChI is InChI=1S/C13H21N3O2S/c1-12(2,3)10-9(19-16-15-10)11(18)14-13(8-17)6-4-5-7-13/h17H,4-8H2,1-3H3,(H,14,18). The van der Waals surface area contributed by atoms with Gasteiger partial charge in [-0.05, 0) is 24.4 Å². The lowest BCUT2D eigenvalue weighted by atomic mass is 9.91. The van der Waals surface area contributed by atoms with E-state index in [2.05, 4.69) is 14.9 Å². The van der Waals surface area contributed by atoms with Crippen LogP contribution in [0.25, 0.3) is 0 Å². The lowest BCUT2D eigenvalue weighted by molar-refractivity contribution is 0.0840. The van der Waals surface area contributed by atoms with Crippen LogP contribution in [0.2, 0.25) is 0 Å². The predicted octanol–water partition coefficient (Wildman–Crippen LogP) is 1.87. The average molecular weight is 283 g/mol. The van der Waals surface area contributed by atoms with E-state index in [1.165, 1.54) is 0 Å². The molecule has 1 heterocycles. The maximum absolute atomic E-state index is 12.4. The van der Waals surface area contributed by atoms with E-state index in [0.29, 0.717) is 4.88 Å². The molecule has 0 aliphatic heterocycles. The molecule has 0 spiro atoms. The maximum atomic E-state index is 12.4. The van der Waals surface area contributed by atoms with E-state index in [1.54, 1.807) is 0 Å². The number of carbonyl (C=O) groups is 1. The monoisotopic (exact) mass is 283 g/mol. The third kappa shape index (κ3) is 2.95. The molecule has 1 aliphatic rings. The Kier molecular flexibility index (Phi) is 3.92. The number of aliphatic hydroxyl groups excluding tert-OH is 1. The number of aliphatic hydroxyl groups is 1. The zero-order valence-corrected chi connectivity index (χ0v) is 12.5. The minimum atomic E-state index is -0.448. The van der Waals surface area contributed by atoms with Crippen molar-refractivity contribution in [3.05, 3.63) is 10.6 Å². The van der Waals surface area contributed by atoms with Crippen LogP contribution in [0.4, 0.5) is 0 Å². The Morgan fingerprint density at radius 1 is 1.42 bits per heavy atom. The highest BCUT2D eigenvalue weighted by Gasteiger charge is 2.36. The molecule has 6 heteroatoms. The van der Waals surface area contributed by atoms with Crippen LogP contribution in [0.1, 0.15) is 61.8 Å². The number of hydrogen-bond acceptors (Lipinski definition) is 5. The molecule has 1 aromatic rings. The van der Waals surface area contributed by atoms with E-state index in [1.807, 2.05) is 20.8 Å². The number of hydrogen-bond donors (Lipinski definition) is 2. The first-order valence-electron chi connectivity index (χ1n) is 6.64. The zero-order chi connectivity index (χ0) is 14.1. The second kappa shape index (κ2) is 5.17. The van der Waals surface area contributed by atoms with Gasteiger partial charge in [0.15, 0.2) is 0 Å². The largest absolute Gasteiger partial charge is 0.394 e. The average Bonchev–Trinajstić information content (AvgIpc) is 2.96. The summed E-state index contributed by atoms with van der Waals surface area (Å²) < 4.78 is 3.90. The number of nitrogens with one attached hydrogen (secondary N) is 1. The molecule has 1 aliphatic carbocycles. The number of carbonyl (C=O) groups excluding carboxylic acids is 1. The van der Waals surface area contributed by atoms with E-state index in [-0.39, 0.29) is 17.9 Å². The van der Waals surface area contributed by atoms with Crippen molar-refractivity contribution < 1.29 is 9.90 Å². The van der Waals surface area contributed by atoms with Gasteiger partial charge >= 0.3 is 0 Å². The topological polar surface area (TPSA) is 75.1 Å². The van der Waals surface area contributed by atoms with Gasteiger partial charge in [-0.2, -0.15) is 0 Å². The molecule has 1 amide bonds. The van der Waals surface area contributed by atoms with Crippen LogP contribution in [-0.2, 0) is 5.41 Å². The first-order chi connectivity index (χ1) is 8.88. The summed E-state index contributed by atoms with van der Waals surface area (Å²) in [6.45, 7) is 6.03. The summed E-state index contributed by atoms with van der Waals surface area (Å²) in [6.07, 6.45) is 3.78. The van der Waals surface area contributed by atoms with Crippen molar-refractivity contribution in [2.75, 3.05) is 6.61 Å². The predicted molar refractivity (Wildman–Crippen MR) is 74.4 cm³/mol. The molecule has 0 bridgehead atoms. The summed E-state index contributed by atoms with van der Waals surface area (Å²) >= 11 is 1.12. The van der Waals surface area contributed by atoms with Crippen LogP contribution >= 0.6 is 11.5 Å². The van der Waals surface area contributed by atoms with Crippen molar-refractivity contribution in [2.45, 2.75) is 57.4 Å². The highest BCUT2D eigenvalue weighted by Crippen LogP contribution is 2.31. The van der Waals surface area contributed by atoms with Crippen LogP contribution in [-0.4, -0.2) is 32.7 Å². The summed E-state index contributed by atoms with van der Waals surface area (Å²) in [6, 6.07) is 0. The van der Waals surface area contributed by atoms with Crippen molar-refractivity contribution >= 4 is 17.4 Å². The number of nitrogens with zero attached hydrogens (tertiary/aromatic N) is 2. The van der Waals surface area contributed by atoms with Gasteiger partial charge in [0.1, 0.15) is 4.88 Å². The molecule has 19 heavy (non-hydrogen) atoms. The van der Waals surface area contributed by atoms with Crippen molar-refractivity contribution in [2.24, 2.45) is 0 Å². The molecule has 5 nitrogen and oxygen atoms in total. The van der Waals surface area contributed by atoms with Gasteiger partial charge < -0.3 is 10.4 Å². The van der Waals surface area contributed by atoms with Gasteiger partial charge in [-0.25, -0.2) is 0 Å². The highest BCUT2D eigenvalue weighted by atomic mass is 32.1. The van der Waals surface area contributed by atoms with E-state index >= 15 is 0 Å². The number of rotatable bonds is 3. The lowest BCUT2D eigenvalue weighted by Gasteiger charge is -2.28. The van der Waals surface area contributed by atoms with Crippen LogP contribution < -0.4 is 5.32 Å². The second-order valence-corrected chi connectivity index (χ2v) is 7.05. The van der Waals surface area contributed by atoms with Crippen LogP contribution in [0.3, 0.4) is 0 Å². The van der Waals surface area contributed by atoms with Gasteiger partial charge in [-0.15, -0.1) is 5.10 Å². The van der Waals surface area contributed by atoms with Crippen molar-refractivity contribution in [3.63, 3.8) is 0 Å². The van der Waals surface area contributed by atoms with Crippen molar-refractivity contribution in [3.8, 4) is 0 Å². The molecule has 0 aromatic carbocycles. The van der Waals surface area contributed by atoms with Gasteiger partial charge in [0.25, 0.3) is 5.91 Å². The molecule has 1 saturated carbocycles. The van der Waals surface area contributed by atoms with Crippen LogP contribution in [0.15, 0.2) is 0 Å². The summed E-state index contributed by atoms with van der Waals surface area (Å²) in [5.41, 5.74) is 0.0684. The molecule has 0 saturated heterocycles. The van der Waals surface area contributed by atoms with E-state index in [0.717, 1.165) is 42.9 Å². The van der Waals surface area contributed by atoms with Gasteiger partial charge in [-0.3, -0.25) is 4.79 Å². The zero-order valence-electron chi connectivity index (χ0n) is 11.7. The van der Waals surface area contributed by atoms with Gasteiger partial charge in [0, 0.05) is 5.41 Å². The molecule has 0 unspecified atom stereocenters. The number of aromatic nitrogens is 2. The Balaban J connectivity index is 2.19. The van der Waals surface area contributed by atoms with Crippen LogP contribution in [0.5, 0.6) is 0 Å². The maximum Gasteiger partial charge on any atom is 0.265 e. The summed E-state index contributed by atoms with van der Waals surface area (Å²) in [5, 5.41) is 16.6. The Hall–Kier alpha value is -1.01. The first kappa shape index (κ1) is 14.4.